The second-order valence-corrected chi connectivity index (χ2v) is 5.24. The first kappa shape index (κ1) is 10.7. The Kier molecular flexibility index (Phi) is 2.86. The van der Waals surface area contributed by atoms with Crippen molar-refractivity contribution in [3.63, 3.8) is 0 Å². The zero-order chi connectivity index (χ0) is 13.4. The Morgan fingerprint density at radius 3 is 3.11 bits per heavy atom. The van der Waals surface area contributed by atoms with Crippen LogP contribution in [0.3, 0.4) is 0 Å². The van der Waals surface area contributed by atoms with Crippen molar-refractivity contribution < 1.29 is 6.15 Å². The summed E-state index contributed by atoms with van der Waals surface area (Å²) in [5.41, 5.74) is 0.160. The molecule has 6 nitrogen and oxygen atoms in total. The average Bonchev–Trinajstić information content (AvgIpc) is 2.77. The first-order chi connectivity index (χ1) is 9.22. The highest BCUT2D eigenvalue weighted by molar-refractivity contribution is 7.99. The molecule has 0 radical (unpaired) electrons. The van der Waals surface area contributed by atoms with E-state index in [1.165, 1.54) is 17.1 Å². The fraction of sp³-hybridized carbons (Fsp3) is 0.636. The molecule has 1 fully saturated rings. The van der Waals surface area contributed by atoms with Gasteiger partial charge in [-0.05, 0) is 19.1 Å². The lowest BCUT2D eigenvalue weighted by molar-refractivity contribution is 0.0692. The number of ether oxygens (including phenoxy) is 1. The number of nitrogens with one attached hydrogen (secondary N) is 2. The Labute approximate surface area is 110 Å². The van der Waals surface area contributed by atoms with Gasteiger partial charge in [0.05, 0.1) is 6.21 Å². The average molecular weight is 269 g/mol. The summed E-state index contributed by atoms with van der Waals surface area (Å²) < 4.78 is 15.2. The summed E-state index contributed by atoms with van der Waals surface area (Å²) in [7, 11) is 0. The first-order valence-corrected chi connectivity index (χ1v) is 7.27. The number of fused-ring (bicyclic) bond motifs is 1. The van der Waals surface area contributed by atoms with Gasteiger partial charge in [0, 0.05) is 19.3 Å². The van der Waals surface area contributed by atoms with Crippen LogP contribution >= 0.6 is 11.8 Å². The Morgan fingerprint density at radius 2 is 2.39 bits per heavy atom. The zero-order valence-electron chi connectivity index (χ0n) is 11.1. The molecule has 0 aliphatic carbocycles. The van der Waals surface area contributed by atoms with Crippen molar-refractivity contribution in [2.45, 2.75) is 24.4 Å². The lowest BCUT2D eigenvalue weighted by atomic mass is 10.1. The SMILES string of the molecule is [2H]N1c2c([nH]c(=O)n2C2CCOCC2)C=NC1SC. The molecule has 3 rings (SSSR count). The van der Waals surface area contributed by atoms with Crippen molar-refractivity contribution in [2.75, 3.05) is 24.8 Å². The van der Waals surface area contributed by atoms with Gasteiger partial charge >= 0.3 is 5.69 Å². The summed E-state index contributed by atoms with van der Waals surface area (Å²) in [5.74, 6) is 0.617. The van der Waals surface area contributed by atoms with Gasteiger partial charge < -0.3 is 15.0 Å². The Balaban J connectivity index is 2.04. The van der Waals surface area contributed by atoms with Crippen LogP contribution in [0.15, 0.2) is 9.79 Å². The van der Waals surface area contributed by atoms with Crippen LogP contribution in [0, 0.1) is 0 Å². The fourth-order valence-electron chi connectivity index (χ4n) is 2.35. The summed E-state index contributed by atoms with van der Waals surface area (Å²) in [4.78, 5) is 19.2. The lowest BCUT2D eigenvalue weighted by Gasteiger charge is -2.26. The number of nitrogens with zero attached hydrogens (tertiary/aromatic N) is 2. The third kappa shape index (κ3) is 1.97. The highest BCUT2D eigenvalue weighted by Crippen LogP contribution is 2.27. The molecule has 2 N–H and O–H groups in total. The van der Waals surface area contributed by atoms with Crippen LogP contribution in [0.1, 0.15) is 24.6 Å². The molecule has 1 saturated heterocycles. The zero-order valence-corrected chi connectivity index (χ0v) is 10.9. The van der Waals surface area contributed by atoms with Crippen molar-refractivity contribution >= 4 is 23.8 Å². The maximum atomic E-state index is 12.1. The van der Waals surface area contributed by atoms with Crippen LogP contribution in [0.5, 0.6) is 0 Å². The maximum absolute atomic E-state index is 12.1. The van der Waals surface area contributed by atoms with Crippen LogP contribution in [-0.4, -0.2) is 40.7 Å². The minimum atomic E-state index is -0.297. The Morgan fingerprint density at radius 1 is 1.61 bits per heavy atom. The summed E-state index contributed by atoms with van der Waals surface area (Å²) in [5, 5.41) is 1.31. The highest BCUT2D eigenvalue weighted by atomic mass is 32.2. The van der Waals surface area contributed by atoms with E-state index in [1.54, 1.807) is 10.8 Å². The third-order valence-electron chi connectivity index (χ3n) is 3.26. The van der Waals surface area contributed by atoms with Gasteiger partial charge in [0.15, 0.2) is 6.91 Å². The van der Waals surface area contributed by atoms with Crippen LogP contribution in [0.25, 0.3) is 0 Å². The van der Waals surface area contributed by atoms with E-state index < -0.39 is 0 Å². The van der Waals surface area contributed by atoms with E-state index in [1.807, 2.05) is 6.26 Å². The predicted octanol–water partition coefficient (Wildman–Crippen LogP) is 1.02. The van der Waals surface area contributed by atoms with Gasteiger partial charge in [-0.25, -0.2) is 4.79 Å². The number of hydrogen-bond donors (Lipinski definition) is 2. The van der Waals surface area contributed by atoms with Crippen LogP contribution < -0.4 is 11.0 Å². The first-order valence-electron chi connectivity index (χ1n) is 6.43. The van der Waals surface area contributed by atoms with Crippen molar-refractivity contribution in [1.82, 2.24) is 9.55 Å². The largest absolute Gasteiger partial charge is 0.381 e. The summed E-state index contributed by atoms with van der Waals surface area (Å²) in [6.45, 7) is 1.32. The van der Waals surface area contributed by atoms with E-state index in [2.05, 4.69) is 9.98 Å². The van der Waals surface area contributed by atoms with E-state index in [0.717, 1.165) is 12.8 Å². The number of H-pyrrole nitrogens is 1. The maximum Gasteiger partial charge on any atom is 0.327 e. The van der Waals surface area contributed by atoms with Crippen molar-refractivity contribution in [2.24, 2.45) is 4.99 Å². The molecular formula is C11H16N4O2S. The van der Waals surface area contributed by atoms with Gasteiger partial charge in [0.1, 0.15) is 11.5 Å². The third-order valence-corrected chi connectivity index (χ3v) is 3.91. The van der Waals surface area contributed by atoms with E-state index >= 15 is 0 Å². The number of thioether (sulfide) groups is 1. The molecule has 1 atom stereocenters. The topological polar surface area (TPSA) is 71.4 Å². The molecule has 7 heteroatoms. The van der Waals surface area contributed by atoms with Gasteiger partial charge in [0.2, 0.25) is 0 Å². The number of aromatic amines is 1. The molecule has 98 valence electrons. The molecule has 1 aromatic rings. The quantitative estimate of drug-likeness (QED) is 0.841. The van der Waals surface area contributed by atoms with Crippen molar-refractivity contribution in [1.29, 1.82) is 0 Å². The Hall–Kier alpha value is -1.21. The lowest BCUT2D eigenvalue weighted by Crippen LogP contribution is -2.30. The van der Waals surface area contributed by atoms with E-state index in [4.69, 9.17) is 6.15 Å². The standard InChI is InChI=1S/C11H16N4O2S/c1-18-10-12-6-8-9(14-10)15(11(16)13-8)7-2-4-17-5-3-7/h6-7,10,14H,2-5H2,1H3,(H,13,16)/i/hD. The van der Waals surface area contributed by atoms with Gasteiger partial charge in [-0.1, -0.05) is 0 Å². The molecule has 3 heterocycles. The van der Waals surface area contributed by atoms with Crippen LogP contribution in [0.2, 0.25) is 1.41 Å². The number of imidazole rings is 1. The van der Waals surface area contributed by atoms with Crippen LogP contribution in [0.4, 0.5) is 5.82 Å². The molecule has 1 unspecified atom stereocenters. The number of aromatic nitrogens is 2. The fourth-order valence-corrected chi connectivity index (χ4v) is 2.74. The van der Waals surface area contributed by atoms with Gasteiger partial charge in [0.25, 0.3) is 0 Å². The number of aliphatic imine (C=N–C) groups is 1. The molecule has 0 aromatic carbocycles. The summed E-state index contributed by atoms with van der Waals surface area (Å²) in [6.07, 6.45) is 5.16. The minimum Gasteiger partial charge on any atom is -0.381 e. The molecule has 0 spiro atoms. The number of hydrogen-bond acceptors (Lipinski definition) is 5. The summed E-state index contributed by atoms with van der Waals surface area (Å²) >= 11 is 1.47. The van der Waals surface area contributed by atoms with Gasteiger partial charge in [-0.15, -0.1) is 11.8 Å². The van der Waals surface area contributed by atoms with Crippen molar-refractivity contribution in [3.8, 4) is 0 Å². The monoisotopic (exact) mass is 269 g/mol. The molecule has 1 aromatic heterocycles. The highest BCUT2D eigenvalue weighted by Gasteiger charge is 2.25. The van der Waals surface area contributed by atoms with Gasteiger partial charge in [-0.2, -0.15) is 0 Å². The predicted molar refractivity (Wildman–Crippen MR) is 72.7 cm³/mol. The number of anilines is 1. The molecule has 18 heavy (non-hydrogen) atoms. The number of rotatable bonds is 2. The molecule has 2 aliphatic heterocycles. The molecule has 0 bridgehead atoms. The second-order valence-electron chi connectivity index (χ2n) is 4.35. The molecular weight excluding hydrogens is 252 g/mol. The van der Waals surface area contributed by atoms with Crippen LogP contribution in [-0.2, 0) is 4.74 Å². The molecule has 2 aliphatic rings. The molecule has 0 amide bonds. The molecule has 0 saturated carbocycles. The van der Waals surface area contributed by atoms with E-state index in [0.29, 0.717) is 24.7 Å². The minimum absolute atomic E-state index is 0.100. The van der Waals surface area contributed by atoms with E-state index in [9.17, 15) is 4.79 Å². The second kappa shape index (κ2) is 4.81. The Bertz CT molecular complexity index is 549. The normalized spacial score (nSPS) is 25.1. The van der Waals surface area contributed by atoms with Crippen molar-refractivity contribution in [3.05, 3.63) is 16.2 Å². The summed E-state index contributed by atoms with van der Waals surface area (Å²) in [6, 6.07) is 0.100. The van der Waals surface area contributed by atoms with E-state index in [-0.39, 0.29) is 17.2 Å². The van der Waals surface area contributed by atoms with Gasteiger partial charge in [-0.3, -0.25) is 9.56 Å². The smallest absolute Gasteiger partial charge is 0.327 e.